The van der Waals surface area contributed by atoms with Gasteiger partial charge in [0.2, 0.25) is 0 Å². The molecule has 0 spiro atoms. The van der Waals surface area contributed by atoms with Crippen LogP contribution in [-0.4, -0.2) is 19.9 Å². The van der Waals surface area contributed by atoms with Crippen LogP contribution in [0.2, 0.25) is 0 Å². The van der Waals surface area contributed by atoms with Crippen LogP contribution >= 0.6 is 0 Å². The van der Waals surface area contributed by atoms with E-state index in [4.69, 9.17) is 15.0 Å². The minimum absolute atomic E-state index is 0.143. The predicted octanol–water partition coefficient (Wildman–Crippen LogP) is 14.6. The molecule has 0 saturated carbocycles. The first-order valence-electron chi connectivity index (χ1n) is 23.1. The fraction of sp³-hybridized carbons (Fsp3) is 0.0968. The van der Waals surface area contributed by atoms with Gasteiger partial charge in [0.1, 0.15) is 0 Å². The van der Waals surface area contributed by atoms with Gasteiger partial charge in [-0.25, -0.2) is 15.0 Å². The Balaban J connectivity index is 0.977. The molecule has 5 aliphatic carbocycles. The van der Waals surface area contributed by atoms with Gasteiger partial charge in [0, 0.05) is 52.3 Å². The first-order valence-corrected chi connectivity index (χ1v) is 23.1. The quantitative estimate of drug-likeness (QED) is 0.160. The standard InChI is InChI=1S/C62H44N4/c1-3-16-42(17-4-1)59-64-60(43-18-5-2-6-19-43)66-61(65-59)48-36-46(41-31-33-63-34-32-41)35-47(37-48)51-22-10-9-21-50(51)45-28-30-54-57(39-45)62(49-29-27-40-15-7-8-20-44(40)38-49)55-25-13-11-23-52(55)58(54)53-24-12-14-26-56(53)62/h1-38,45,52,55,58H,39H2. The predicted molar refractivity (Wildman–Crippen MR) is 267 cm³/mol. The smallest absolute Gasteiger partial charge is 0.164 e. The van der Waals surface area contributed by atoms with Crippen molar-refractivity contribution in [2.24, 2.45) is 11.8 Å². The molecule has 0 saturated heterocycles. The molecule has 0 N–H and O–H groups in total. The van der Waals surface area contributed by atoms with Crippen LogP contribution in [0, 0.1) is 11.8 Å². The molecule has 0 fully saturated rings. The second-order valence-corrected chi connectivity index (χ2v) is 18.1. The van der Waals surface area contributed by atoms with Gasteiger partial charge in [0.15, 0.2) is 17.5 Å². The lowest BCUT2D eigenvalue weighted by atomic mass is 9.43. The zero-order valence-electron chi connectivity index (χ0n) is 36.2. The van der Waals surface area contributed by atoms with Crippen molar-refractivity contribution in [2.75, 3.05) is 0 Å². The normalized spacial score (nSPS) is 21.1. The summed E-state index contributed by atoms with van der Waals surface area (Å²) in [6, 6.07) is 65.8. The summed E-state index contributed by atoms with van der Waals surface area (Å²) in [7, 11) is 0. The first kappa shape index (κ1) is 38.4. The van der Waals surface area contributed by atoms with Crippen molar-refractivity contribution in [3.63, 3.8) is 0 Å². The Morgan fingerprint density at radius 1 is 0.455 bits per heavy atom. The Morgan fingerprint density at radius 3 is 1.85 bits per heavy atom. The van der Waals surface area contributed by atoms with E-state index in [-0.39, 0.29) is 11.3 Å². The molecule has 5 unspecified atom stereocenters. The number of pyridine rings is 1. The van der Waals surface area contributed by atoms with Crippen molar-refractivity contribution in [3.8, 4) is 56.4 Å². The maximum absolute atomic E-state index is 5.19. The number of benzene rings is 7. The molecule has 2 aromatic heterocycles. The largest absolute Gasteiger partial charge is 0.265 e. The summed E-state index contributed by atoms with van der Waals surface area (Å²) in [6.07, 6.45) is 19.3. The van der Waals surface area contributed by atoms with Crippen molar-refractivity contribution in [1.82, 2.24) is 19.9 Å². The van der Waals surface area contributed by atoms with E-state index in [1.54, 1.807) is 5.57 Å². The number of allylic oxidation sites excluding steroid dienone is 8. The highest BCUT2D eigenvalue weighted by Crippen LogP contribution is 2.67. The van der Waals surface area contributed by atoms with Crippen molar-refractivity contribution < 1.29 is 0 Å². The number of aromatic nitrogens is 4. The lowest BCUT2D eigenvalue weighted by Gasteiger charge is -2.59. The van der Waals surface area contributed by atoms with Crippen LogP contribution < -0.4 is 0 Å². The maximum atomic E-state index is 5.19. The summed E-state index contributed by atoms with van der Waals surface area (Å²) in [6.45, 7) is 0. The van der Waals surface area contributed by atoms with Crippen molar-refractivity contribution >= 4 is 10.8 Å². The Bertz CT molecular complexity index is 3420. The third-order valence-corrected chi connectivity index (χ3v) is 14.7. The van der Waals surface area contributed by atoms with Crippen LogP contribution in [0.25, 0.3) is 67.2 Å². The molecule has 5 atom stereocenters. The van der Waals surface area contributed by atoms with Crippen LogP contribution in [-0.2, 0) is 5.41 Å². The van der Waals surface area contributed by atoms with Gasteiger partial charge < -0.3 is 0 Å². The number of rotatable bonds is 7. The molecule has 7 aromatic carbocycles. The first-order chi connectivity index (χ1) is 32.7. The minimum Gasteiger partial charge on any atom is -0.265 e. The second kappa shape index (κ2) is 15.6. The molecule has 0 radical (unpaired) electrons. The van der Waals surface area contributed by atoms with Gasteiger partial charge in [-0.15, -0.1) is 0 Å². The molecule has 0 aliphatic heterocycles. The zero-order chi connectivity index (χ0) is 43.6. The van der Waals surface area contributed by atoms with Gasteiger partial charge in [0.25, 0.3) is 0 Å². The molecule has 2 bridgehead atoms. The topological polar surface area (TPSA) is 51.6 Å². The van der Waals surface area contributed by atoms with Crippen LogP contribution in [0.15, 0.2) is 242 Å². The van der Waals surface area contributed by atoms with Crippen molar-refractivity contribution in [2.45, 2.75) is 23.7 Å². The molecule has 0 amide bonds. The van der Waals surface area contributed by atoms with Crippen molar-refractivity contribution in [3.05, 3.63) is 264 Å². The van der Waals surface area contributed by atoms with E-state index in [9.17, 15) is 0 Å². The number of fused-ring (bicyclic) bond motifs is 1. The summed E-state index contributed by atoms with van der Waals surface area (Å²) in [5.41, 5.74) is 15.6. The molecule has 14 rings (SSSR count). The van der Waals surface area contributed by atoms with Gasteiger partial charge in [-0.2, -0.15) is 0 Å². The molecule has 5 aliphatic rings. The van der Waals surface area contributed by atoms with Crippen LogP contribution in [0.1, 0.15) is 40.5 Å². The number of hydrogen-bond donors (Lipinski definition) is 0. The van der Waals surface area contributed by atoms with E-state index < -0.39 is 0 Å². The Labute approximate surface area is 385 Å². The number of nitrogens with zero attached hydrogens (tertiary/aromatic N) is 4. The fourth-order valence-corrected chi connectivity index (χ4v) is 11.8. The lowest BCUT2D eigenvalue weighted by molar-refractivity contribution is 0.254. The van der Waals surface area contributed by atoms with Gasteiger partial charge in [0.05, 0.1) is 0 Å². The minimum atomic E-state index is -0.325. The highest BCUT2D eigenvalue weighted by molar-refractivity contribution is 5.85. The second-order valence-electron chi connectivity index (χ2n) is 18.1. The molecule has 9 aromatic rings. The van der Waals surface area contributed by atoms with E-state index >= 15 is 0 Å². The highest BCUT2D eigenvalue weighted by Gasteiger charge is 2.59. The van der Waals surface area contributed by atoms with Crippen molar-refractivity contribution in [1.29, 1.82) is 0 Å². The zero-order valence-corrected chi connectivity index (χ0v) is 36.2. The van der Waals surface area contributed by atoms with Gasteiger partial charge in [-0.1, -0.05) is 182 Å². The van der Waals surface area contributed by atoms with Crippen LogP contribution in [0.3, 0.4) is 0 Å². The summed E-state index contributed by atoms with van der Waals surface area (Å²) in [5.74, 6) is 3.03. The Hall–Kier alpha value is -8.08. The average molecular weight is 845 g/mol. The van der Waals surface area contributed by atoms with Gasteiger partial charge in [-0.05, 0) is 115 Å². The maximum Gasteiger partial charge on any atom is 0.164 e. The molecule has 4 nitrogen and oxygen atoms in total. The molecule has 312 valence electrons. The SMILES string of the molecule is C1=CC2C3C4=C(CC(c5ccccc5-c5cc(-c6ccncc6)cc(-c6nc(-c7ccccc7)nc(-c7ccccc7)n6)c5)C=C4)C(c4ccc5ccccc5c4)(c4ccccc43)C2C=C1. The third kappa shape index (κ3) is 6.13. The lowest BCUT2D eigenvalue weighted by Crippen LogP contribution is -2.53. The summed E-state index contributed by atoms with van der Waals surface area (Å²) in [5, 5.41) is 2.56. The summed E-state index contributed by atoms with van der Waals surface area (Å²) >= 11 is 0. The van der Waals surface area contributed by atoms with E-state index in [1.807, 2.05) is 48.8 Å². The summed E-state index contributed by atoms with van der Waals surface area (Å²) < 4.78 is 0. The monoisotopic (exact) mass is 844 g/mol. The molecule has 4 heteroatoms. The van der Waals surface area contributed by atoms with Gasteiger partial charge >= 0.3 is 0 Å². The van der Waals surface area contributed by atoms with E-state index in [0.29, 0.717) is 35.2 Å². The van der Waals surface area contributed by atoms with E-state index in [2.05, 4.69) is 187 Å². The highest BCUT2D eigenvalue weighted by atomic mass is 15.0. The Kier molecular flexibility index (Phi) is 9.06. The third-order valence-electron chi connectivity index (χ3n) is 14.7. The molecular formula is C62H44N4. The summed E-state index contributed by atoms with van der Waals surface area (Å²) in [4.78, 5) is 19.8. The average Bonchev–Trinajstić information content (AvgIpc) is 3.41. The molecular weight excluding hydrogens is 801 g/mol. The molecule has 2 heterocycles. The Morgan fingerprint density at radius 2 is 1.08 bits per heavy atom. The van der Waals surface area contributed by atoms with Crippen LogP contribution in [0.5, 0.6) is 0 Å². The fourth-order valence-electron chi connectivity index (χ4n) is 11.8. The van der Waals surface area contributed by atoms with Crippen LogP contribution in [0.4, 0.5) is 0 Å². The van der Waals surface area contributed by atoms with E-state index in [0.717, 1.165) is 39.8 Å². The number of hydrogen-bond acceptors (Lipinski definition) is 4. The molecule has 66 heavy (non-hydrogen) atoms. The van der Waals surface area contributed by atoms with E-state index in [1.165, 1.54) is 44.2 Å². The van der Waals surface area contributed by atoms with Gasteiger partial charge in [-0.3, -0.25) is 4.98 Å².